The van der Waals surface area contributed by atoms with Gasteiger partial charge in [0.1, 0.15) is 5.41 Å². The van der Waals surface area contributed by atoms with E-state index in [0.717, 1.165) is 19.4 Å². The van der Waals surface area contributed by atoms with Crippen LogP contribution in [0.4, 0.5) is 0 Å². The summed E-state index contributed by atoms with van der Waals surface area (Å²) >= 11 is 0. The first-order chi connectivity index (χ1) is 10.1. The van der Waals surface area contributed by atoms with E-state index in [0.29, 0.717) is 38.5 Å². The summed E-state index contributed by atoms with van der Waals surface area (Å²) in [6, 6.07) is 0. The van der Waals surface area contributed by atoms with E-state index in [2.05, 4.69) is 17.4 Å². The fraction of sp³-hybridized carbons (Fsp3) is 0.857. The SMILES string of the molecule is CCC1OCCC1CNC(=O)C1(C(N)=NO)CCOCC1. The minimum atomic E-state index is -0.950. The van der Waals surface area contributed by atoms with E-state index in [4.69, 9.17) is 20.4 Å². The highest BCUT2D eigenvalue weighted by atomic mass is 16.5. The van der Waals surface area contributed by atoms with Crippen molar-refractivity contribution in [3.8, 4) is 0 Å². The molecule has 2 unspecified atom stereocenters. The average molecular weight is 299 g/mol. The van der Waals surface area contributed by atoms with Gasteiger partial charge in [-0.25, -0.2) is 0 Å². The Bertz CT molecular complexity index is 394. The first kappa shape index (κ1) is 16.0. The summed E-state index contributed by atoms with van der Waals surface area (Å²) in [5.41, 5.74) is 4.83. The minimum Gasteiger partial charge on any atom is -0.409 e. The monoisotopic (exact) mass is 299 g/mol. The molecule has 21 heavy (non-hydrogen) atoms. The number of nitrogens with two attached hydrogens (primary N) is 1. The van der Waals surface area contributed by atoms with Crippen LogP contribution in [0.5, 0.6) is 0 Å². The summed E-state index contributed by atoms with van der Waals surface area (Å²) in [5, 5.41) is 15.0. The van der Waals surface area contributed by atoms with Crippen LogP contribution in [0, 0.1) is 11.3 Å². The van der Waals surface area contributed by atoms with Crippen LogP contribution in [-0.4, -0.2) is 49.4 Å². The van der Waals surface area contributed by atoms with Gasteiger partial charge in [-0.15, -0.1) is 0 Å². The third-order valence-electron chi connectivity index (χ3n) is 4.65. The smallest absolute Gasteiger partial charge is 0.234 e. The predicted octanol–water partition coefficient (Wildman–Crippen LogP) is 0.461. The van der Waals surface area contributed by atoms with Crippen molar-refractivity contribution < 1.29 is 19.5 Å². The molecule has 0 spiro atoms. The van der Waals surface area contributed by atoms with Crippen LogP contribution in [0.25, 0.3) is 0 Å². The molecule has 7 nitrogen and oxygen atoms in total. The number of nitrogens with one attached hydrogen (secondary N) is 1. The Labute approximate surface area is 124 Å². The lowest BCUT2D eigenvalue weighted by Gasteiger charge is -2.34. The van der Waals surface area contributed by atoms with Crippen molar-refractivity contribution in [3.63, 3.8) is 0 Å². The molecule has 2 fully saturated rings. The number of amides is 1. The second kappa shape index (κ2) is 7.09. The van der Waals surface area contributed by atoms with Crippen molar-refractivity contribution in [2.24, 2.45) is 22.2 Å². The molecular weight excluding hydrogens is 274 g/mol. The summed E-state index contributed by atoms with van der Waals surface area (Å²) in [5.74, 6) is 0.129. The van der Waals surface area contributed by atoms with Gasteiger partial charge in [0.25, 0.3) is 0 Å². The van der Waals surface area contributed by atoms with Crippen LogP contribution in [-0.2, 0) is 14.3 Å². The summed E-state index contributed by atoms with van der Waals surface area (Å²) in [6.45, 7) is 4.28. The van der Waals surface area contributed by atoms with Crippen LogP contribution >= 0.6 is 0 Å². The van der Waals surface area contributed by atoms with Gasteiger partial charge in [-0.3, -0.25) is 4.79 Å². The van der Waals surface area contributed by atoms with E-state index >= 15 is 0 Å². The number of hydrogen-bond acceptors (Lipinski definition) is 5. The molecule has 2 saturated heterocycles. The number of hydrogen-bond donors (Lipinski definition) is 3. The van der Waals surface area contributed by atoms with Crippen LogP contribution < -0.4 is 11.1 Å². The summed E-state index contributed by atoms with van der Waals surface area (Å²) in [7, 11) is 0. The molecule has 0 bridgehead atoms. The zero-order valence-electron chi connectivity index (χ0n) is 12.5. The van der Waals surface area contributed by atoms with E-state index in [-0.39, 0.29) is 17.8 Å². The number of nitrogens with zero attached hydrogens (tertiary/aromatic N) is 1. The standard InChI is InChI=1S/C14H25N3O4/c1-2-11-10(3-6-21-11)9-16-13(18)14(12(15)17-19)4-7-20-8-5-14/h10-11,19H,2-9H2,1H3,(H2,15,17)(H,16,18). The van der Waals surface area contributed by atoms with Crippen molar-refractivity contribution in [3.05, 3.63) is 0 Å². The highest BCUT2D eigenvalue weighted by molar-refractivity contribution is 6.06. The van der Waals surface area contributed by atoms with Gasteiger partial charge in [-0.1, -0.05) is 12.1 Å². The fourth-order valence-electron chi connectivity index (χ4n) is 3.19. The van der Waals surface area contributed by atoms with Gasteiger partial charge in [0.05, 0.1) is 6.10 Å². The predicted molar refractivity (Wildman–Crippen MR) is 77.0 cm³/mol. The normalized spacial score (nSPS) is 29.3. The molecule has 0 radical (unpaired) electrons. The number of rotatable bonds is 5. The van der Waals surface area contributed by atoms with E-state index in [9.17, 15) is 4.79 Å². The van der Waals surface area contributed by atoms with E-state index < -0.39 is 5.41 Å². The Kier molecular flexibility index (Phi) is 5.41. The number of carbonyl (C=O) groups is 1. The Hall–Kier alpha value is -1.34. The first-order valence-electron chi connectivity index (χ1n) is 7.59. The highest BCUT2D eigenvalue weighted by Crippen LogP contribution is 2.31. The second-order valence-electron chi connectivity index (χ2n) is 5.76. The van der Waals surface area contributed by atoms with Gasteiger partial charge in [-0.05, 0) is 25.7 Å². The molecule has 4 N–H and O–H groups in total. The lowest BCUT2D eigenvalue weighted by molar-refractivity contribution is -0.131. The van der Waals surface area contributed by atoms with Crippen LogP contribution in [0.3, 0.4) is 0 Å². The molecule has 0 saturated carbocycles. The van der Waals surface area contributed by atoms with Crippen LogP contribution in [0.15, 0.2) is 5.16 Å². The first-order valence-corrected chi connectivity index (χ1v) is 7.59. The maximum atomic E-state index is 12.6. The molecular formula is C14H25N3O4. The second-order valence-corrected chi connectivity index (χ2v) is 5.76. The Balaban J connectivity index is 1.99. The molecule has 0 aromatic heterocycles. The zero-order chi connectivity index (χ0) is 15.3. The quantitative estimate of drug-likeness (QED) is 0.296. The Morgan fingerprint density at radius 1 is 1.43 bits per heavy atom. The van der Waals surface area contributed by atoms with Crippen molar-refractivity contribution >= 4 is 11.7 Å². The molecule has 0 aliphatic carbocycles. The fourth-order valence-corrected chi connectivity index (χ4v) is 3.19. The number of amidine groups is 1. The Morgan fingerprint density at radius 2 is 2.14 bits per heavy atom. The van der Waals surface area contributed by atoms with Gasteiger partial charge in [0.2, 0.25) is 5.91 Å². The maximum Gasteiger partial charge on any atom is 0.234 e. The molecule has 2 aliphatic rings. The van der Waals surface area contributed by atoms with Crippen LogP contribution in [0.2, 0.25) is 0 Å². The average Bonchev–Trinajstić information content (AvgIpc) is 2.99. The van der Waals surface area contributed by atoms with Gasteiger partial charge < -0.3 is 25.7 Å². The highest BCUT2D eigenvalue weighted by Gasteiger charge is 2.44. The zero-order valence-corrected chi connectivity index (χ0v) is 12.5. The van der Waals surface area contributed by atoms with E-state index in [1.807, 2.05) is 0 Å². The van der Waals surface area contributed by atoms with Crippen molar-refractivity contribution in [1.29, 1.82) is 0 Å². The molecule has 0 aromatic carbocycles. The molecule has 2 heterocycles. The molecule has 0 aromatic rings. The van der Waals surface area contributed by atoms with Crippen molar-refractivity contribution in [2.45, 2.75) is 38.7 Å². The third-order valence-corrected chi connectivity index (χ3v) is 4.65. The molecule has 2 atom stereocenters. The largest absolute Gasteiger partial charge is 0.409 e. The molecule has 7 heteroatoms. The van der Waals surface area contributed by atoms with Crippen molar-refractivity contribution in [2.75, 3.05) is 26.4 Å². The van der Waals surface area contributed by atoms with Crippen molar-refractivity contribution in [1.82, 2.24) is 5.32 Å². The van der Waals surface area contributed by atoms with E-state index in [1.54, 1.807) is 0 Å². The van der Waals surface area contributed by atoms with Gasteiger partial charge in [0, 0.05) is 32.3 Å². The molecule has 120 valence electrons. The summed E-state index contributed by atoms with van der Waals surface area (Å²) < 4.78 is 10.9. The van der Waals surface area contributed by atoms with Gasteiger partial charge in [-0.2, -0.15) is 0 Å². The molecule has 2 aliphatic heterocycles. The molecule has 1 amide bonds. The number of oxime groups is 1. The van der Waals surface area contributed by atoms with E-state index in [1.165, 1.54) is 0 Å². The summed E-state index contributed by atoms with van der Waals surface area (Å²) in [6.07, 6.45) is 2.98. The third kappa shape index (κ3) is 3.29. The maximum absolute atomic E-state index is 12.6. The Morgan fingerprint density at radius 3 is 2.76 bits per heavy atom. The minimum absolute atomic E-state index is 0.0296. The number of ether oxygens (including phenoxy) is 2. The number of carbonyl (C=O) groups excluding carboxylic acids is 1. The lowest BCUT2D eigenvalue weighted by atomic mass is 9.78. The van der Waals surface area contributed by atoms with Crippen LogP contribution in [0.1, 0.15) is 32.6 Å². The van der Waals surface area contributed by atoms with Gasteiger partial charge >= 0.3 is 0 Å². The summed E-state index contributed by atoms with van der Waals surface area (Å²) in [4.78, 5) is 12.6. The topological polar surface area (TPSA) is 106 Å². The lowest BCUT2D eigenvalue weighted by Crippen LogP contribution is -2.53. The van der Waals surface area contributed by atoms with Gasteiger partial charge in [0.15, 0.2) is 5.84 Å². The molecule has 2 rings (SSSR count).